The lowest BCUT2D eigenvalue weighted by molar-refractivity contribution is -0.136. The first kappa shape index (κ1) is 28.6. The summed E-state index contributed by atoms with van der Waals surface area (Å²) in [6.45, 7) is 0.547. The number of carbonyl (C=O) groups is 3. The highest BCUT2D eigenvalue weighted by Crippen LogP contribution is 2.12. The van der Waals surface area contributed by atoms with Gasteiger partial charge in [-0.25, -0.2) is 0 Å². The summed E-state index contributed by atoms with van der Waals surface area (Å²) >= 11 is 16.4. The lowest BCUT2D eigenvalue weighted by Crippen LogP contribution is -2.57. The van der Waals surface area contributed by atoms with Gasteiger partial charge in [0.15, 0.2) is 6.04 Å². The first-order valence-electron chi connectivity index (χ1n) is 11.9. The normalized spacial score (nSPS) is 11.6. The molecule has 3 rings (SSSR count). The van der Waals surface area contributed by atoms with Crippen LogP contribution in [0.15, 0.2) is 78.9 Å². The average Bonchev–Trinajstić information content (AvgIpc) is 2.87. The van der Waals surface area contributed by atoms with Crippen molar-refractivity contribution in [2.75, 3.05) is 13.1 Å². The molecule has 9 heteroatoms. The van der Waals surface area contributed by atoms with Crippen LogP contribution >= 0.6 is 35.8 Å². The molecule has 0 fully saturated rings. The van der Waals surface area contributed by atoms with Gasteiger partial charge in [-0.1, -0.05) is 77.8 Å². The lowest BCUT2D eigenvalue weighted by atomic mass is 10.1. The Morgan fingerprint density at radius 1 is 0.676 bits per heavy atom. The van der Waals surface area contributed by atoms with Crippen LogP contribution in [0.25, 0.3) is 0 Å². The molecule has 3 aromatic rings. The zero-order valence-corrected chi connectivity index (χ0v) is 22.5. The van der Waals surface area contributed by atoms with E-state index in [1.165, 1.54) is 0 Å². The molecule has 0 unspecified atom stereocenters. The molecule has 37 heavy (non-hydrogen) atoms. The quantitative estimate of drug-likeness (QED) is 0.200. The lowest BCUT2D eigenvalue weighted by Gasteiger charge is -2.20. The molecule has 0 aliphatic heterocycles. The van der Waals surface area contributed by atoms with Crippen molar-refractivity contribution < 1.29 is 14.4 Å². The van der Waals surface area contributed by atoms with E-state index >= 15 is 0 Å². The number of nitrogens with one attached hydrogen (secondary N) is 3. The van der Waals surface area contributed by atoms with E-state index in [0.29, 0.717) is 29.3 Å². The molecule has 0 aliphatic rings. The molecule has 0 saturated heterocycles. The fourth-order valence-corrected chi connectivity index (χ4v) is 4.38. The molecule has 3 aromatic carbocycles. The third-order valence-corrected chi connectivity index (χ3v) is 6.48. The van der Waals surface area contributed by atoms with Crippen LogP contribution in [0.1, 0.15) is 16.7 Å². The first-order chi connectivity index (χ1) is 17.8. The monoisotopic (exact) mass is 557 g/mol. The number of rotatable bonds is 12. The van der Waals surface area contributed by atoms with Crippen LogP contribution in [0.5, 0.6) is 0 Å². The molecular formula is C28H29Cl2N3O3S. The second kappa shape index (κ2) is 14.7. The summed E-state index contributed by atoms with van der Waals surface area (Å²) in [5.74, 6) is -1.71. The van der Waals surface area contributed by atoms with Crippen LogP contribution in [0, 0.1) is 0 Å². The Bertz CT molecular complexity index is 1150. The maximum absolute atomic E-state index is 13.0. The number of amides is 3. The first-order valence-corrected chi connectivity index (χ1v) is 13.2. The number of thiol groups is 1. The van der Waals surface area contributed by atoms with Crippen LogP contribution in [-0.4, -0.2) is 42.1 Å². The zero-order chi connectivity index (χ0) is 26.6. The van der Waals surface area contributed by atoms with Crippen molar-refractivity contribution in [3.8, 4) is 0 Å². The van der Waals surface area contributed by atoms with E-state index in [-0.39, 0.29) is 13.1 Å². The fourth-order valence-electron chi connectivity index (χ4n) is 3.67. The van der Waals surface area contributed by atoms with Gasteiger partial charge in [-0.2, -0.15) is 12.6 Å². The standard InChI is InChI=1S/C28H29Cl2N3O3S/c29-22-10-4-8-20(16-22)12-14-31-27(35)25(28(36)32-15-13-21-9-5-11-23(30)17-21)33-26(34)24(37)18-19-6-2-1-3-7-19/h1-11,16-17,24-25,37H,12-15,18H2,(H,31,35)(H,32,36)(H,33,34)/t24-/m0/s1. The third-order valence-electron chi connectivity index (χ3n) is 5.59. The second-order valence-electron chi connectivity index (χ2n) is 8.49. The maximum Gasteiger partial charge on any atom is 0.252 e. The van der Waals surface area contributed by atoms with E-state index in [9.17, 15) is 14.4 Å². The minimum atomic E-state index is -1.41. The molecule has 0 saturated carbocycles. The molecule has 0 aromatic heterocycles. The van der Waals surface area contributed by atoms with Crippen molar-refractivity contribution in [1.29, 1.82) is 0 Å². The molecule has 0 spiro atoms. The number of hydrogen-bond acceptors (Lipinski definition) is 4. The smallest absolute Gasteiger partial charge is 0.252 e. The predicted octanol–water partition coefficient (Wildman–Crippen LogP) is 4.04. The van der Waals surface area contributed by atoms with Gasteiger partial charge in [0.1, 0.15) is 0 Å². The van der Waals surface area contributed by atoms with Gasteiger partial charge in [-0.15, -0.1) is 0 Å². The minimum Gasteiger partial charge on any atom is -0.354 e. The van der Waals surface area contributed by atoms with Gasteiger partial charge in [-0.05, 0) is 60.2 Å². The molecule has 1 atom stereocenters. The Morgan fingerprint density at radius 2 is 1.16 bits per heavy atom. The summed E-state index contributed by atoms with van der Waals surface area (Å²) in [7, 11) is 0. The topological polar surface area (TPSA) is 87.3 Å². The Balaban J connectivity index is 1.61. The van der Waals surface area contributed by atoms with Crippen molar-refractivity contribution in [2.24, 2.45) is 0 Å². The van der Waals surface area contributed by atoms with E-state index in [0.717, 1.165) is 16.7 Å². The number of carbonyl (C=O) groups excluding carboxylic acids is 3. The van der Waals surface area contributed by atoms with Crippen molar-refractivity contribution in [3.63, 3.8) is 0 Å². The third kappa shape index (κ3) is 9.76. The summed E-state index contributed by atoms with van der Waals surface area (Å²) in [6.07, 6.45) is 1.40. The number of benzene rings is 3. The van der Waals surface area contributed by atoms with E-state index in [1.54, 1.807) is 12.1 Å². The summed E-state index contributed by atoms with van der Waals surface area (Å²) in [6, 6.07) is 22.6. The molecule has 194 valence electrons. The highest BCUT2D eigenvalue weighted by molar-refractivity contribution is 7.81. The predicted molar refractivity (Wildman–Crippen MR) is 151 cm³/mol. The van der Waals surface area contributed by atoms with Gasteiger partial charge >= 0.3 is 0 Å². The van der Waals surface area contributed by atoms with Crippen molar-refractivity contribution >= 4 is 53.6 Å². The summed E-state index contributed by atoms with van der Waals surface area (Å²) < 4.78 is 0. The van der Waals surface area contributed by atoms with E-state index in [2.05, 4.69) is 28.6 Å². The van der Waals surface area contributed by atoms with Gasteiger partial charge in [0, 0.05) is 23.1 Å². The average molecular weight is 559 g/mol. The largest absolute Gasteiger partial charge is 0.354 e. The molecule has 6 nitrogen and oxygen atoms in total. The second-order valence-corrected chi connectivity index (χ2v) is 9.99. The van der Waals surface area contributed by atoms with E-state index in [1.807, 2.05) is 66.7 Å². The summed E-state index contributed by atoms with van der Waals surface area (Å²) in [5.41, 5.74) is 2.81. The molecule has 0 heterocycles. The van der Waals surface area contributed by atoms with Crippen LogP contribution in [0.2, 0.25) is 10.0 Å². The molecule has 0 bridgehead atoms. The maximum atomic E-state index is 13.0. The molecule has 0 aliphatic carbocycles. The van der Waals surface area contributed by atoms with Crippen LogP contribution < -0.4 is 16.0 Å². The molecule has 0 radical (unpaired) electrons. The van der Waals surface area contributed by atoms with Crippen LogP contribution in [0.3, 0.4) is 0 Å². The van der Waals surface area contributed by atoms with Gasteiger partial charge in [0.25, 0.3) is 11.8 Å². The Labute approximate surface area is 232 Å². The fraction of sp³-hybridized carbons (Fsp3) is 0.250. The SMILES string of the molecule is O=C(NCCc1cccc(Cl)c1)C(NC(=O)[C@@H](S)Cc1ccccc1)C(=O)NCCc1cccc(Cl)c1. The Kier molecular flexibility index (Phi) is 11.3. The van der Waals surface area contributed by atoms with Crippen molar-refractivity contribution in [3.05, 3.63) is 106 Å². The van der Waals surface area contributed by atoms with Crippen molar-refractivity contribution in [2.45, 2.75) is 30.6 Å². The van der Waals surface area contributed by atoms with Crippen LogP contribution in [-0.2, 0) is 33.6 Å². The number of hydrogen-bond donors (Lipinski definition) is 4. The Hall–Kier alpha value is -3.00. The van der Waals surface area contributed by atoms with Crippen LogP contribution in [0.4, 0.5) is 0 Å². The van der Waals surface area contributed by atoms with E-state index < -0.39 is 29.0 Å². The van der Waals surface area contributed by atoms with Gasteiger partial charge in [-0.3, -0.25) is 14.4 Å². The minimum absolute atomic E-state index is 0.273. The van der Waals surface area contributed by atoms with E-state index in [4.69, 9.17) is 23.2 Å². The van der Waals surface area contributed by atoms with Crippen molar-refractivity contribution in [1.82, 2.24) is 16.0 Å². The molecular weight excluding hydrogens is 529 g/mol. The molecule has 3 amide bonds. The van der Waals surface area contributed by atoms with Gasteiger partial charge in [0.2, 0.25) is 5.91 Å². The molecule has 3 N–H and O–H groups in total. The highest BCUT2D eigenvalue weighted by atomic mass is 35.5. The van der Waals surface area contributed by atoms with Gasteiger partial charge in [0.05, 0.1) is 5.25 Å². The zero-order valence-electron chi connectivity index (χ0n) is 20.1. The summed E-state index contributed by atoms with van der Waals surface area (Å²) in [4.78, 5) is 38.8. The van der Waals surface area contributed by atoms with Gasteiger partial charge < -0.3 is 16.0 Å². The number of halogens is 2. The Morgan fingerprint density at radius 3 is 1.65 bits per heavy atom. The highest BCUT2D eigenvalue weighted by Gasteiger charge is 2.30. The summed E-state index contributed by atoms with van der Waals surface area (Å²) in [5, 5.41) is 8.53.